The van der Waals surface area contributed by atoms with E-state index >= 15 is 0 Å². The number of nitrogens with one attached hydrogen (secondary N) is 1. The maximum absolute atomic E-state index is 13.2. The molecule has 0 aromatic heterocycles. The molecule has 1 N–H and O–H groups in total. The number of carbonyl (C=O) groups is 1. The van der Waals surface area contributed by atoms with Gasteiger partial charge in [0.2, 0.25) is 5.91 Å². The number of carbonyl (C=O) groups excluding carboxylic acids is 1. The van der Waals surface area contributed by atoms with E-state index in [1.807, 2.05) is 41.3 Å². The first-order chi connectivity index (χ1) is 11.2. The van der Waals surface area contributed by atoms with Crippen LogP contribution in [-0.4, -0.2) is 26.1 Å². The largest absolute Gasteiger partial charge is 0.497 e. The van der Waals surface area contributed by atoms with E-state index in [2.05, 4.69) is 17.4 Å². The lowest BCUT2D eigenvalue weighted by Crippen LogP contribution is -2.41. The summed E-state index contributed by atoms with van der Waals surface area (Å²) in [6.45, 7) is 2.19. The first-order valence-corrected chi connectivity index (χ1v) is 8.00. The summed E-state index contributed by atoms with van der Waals surface area (Å²) in [7, 11) is 1.67. The van der Waals surface area contributed by atoms with E-state index in [1.54, 1.807) is 7.11 Å². The summed E-state index contributed by atoms with van der Waals surface area (Å²) < 4.78 is 5.38. The van der Waals surface area contributed by atoms with Gasteiger partial charge in [-0.2, -0.15) is 0 Å². The predicted octanol–water partition coefficient (Wildman–Crippen LogP) is 2.47. The molecule has 2 aromatic rings. The number of nitrogens with zero attached hydrogens (tertiary/aromatic N) is 1. The van der Waals surface area contributed by atoms with Gasteiger partial charge in [-0.05, 0) is 42.3 Å². The second-order valence-corrected chi connectivity index (χ2v) is 6.27. The molecule has 0 saturated carbocycles. The third kappa shape index (κ3) is 2.13. The van der Waals surface area contributed by atoms with Crippen molar-refractivity contribution in [1.29, 1.82) is 0 Å². The summed E-state index contributed by atoms with van der Waals surface area (Å²) in [6.07, 6.45) is 0.845. The van der Waals surface area contributed by atoms with Crippen molar-refractivity contribution in [2.75, 3.05) is 25.1 Å². The van der Waals surface area contributed by atoms with E-state index in [9.17, 15) is 4.79 Å². The summed E-state index contributed by atoms with van der Waals surface area (Å²) in [5.41, 5.74) is 2.83. The smallest absolute Gasteiger partial charge is 0.239 e. The topological polar surface area (TPSA) is 41.6 Å². The third-order valence-corrected chi connectivity index (χ3v) is 5.00. The number of benzene rings is 2. The Bertz CT molecular complexity index is 736. The molecule has 4 heteroatoms. The highest BCUT2D eigenvalue weighted by molar-refractivity contribution is 6.08. The Kier molecular flexibility index (Phi) is 3.34. The van der Waals surface area contributed by atoms with Crippen LogP contribution < -0.4 is 15.0 Å². The Morgan fingerprint density at radius 3 is 2.74 bits per heavy atom. The van der Waals surface area contributed by atoms with Crippen molar-refractivity contribution >= 4 is 11.6 Å². The molecule has 118 valence electrons. The molecule has 1 atom stereocenters. The minimum Gasteiger partial charge on any atom is -0.497 e. The van der Waals surface area contributed by atoms with Crippen LogP contribution in [0, 0.1) is 0 Å². The number of hydrogen-bond donors (Lipinski definition) is 1. The zero-order valence-electron chi connectivity index (χ0n) is 13.2. The van der Waals surface area contributed by atoms with E-state index in [0.717, 1.165) is 35.5 Å². The number of ether oxygens (including phenoxy) is 1. The van der Waals surface area contributed by atoms with Gasteiger partial charge < -0.3 is 15.0 Å². The SMILES string of the molecule is COc1ccc2c(c1)C1(CCNC1)C(=O)N2Cc1ccccc1. The Morgan fingerprint density at radius 1 is 1.22 bits per heavy atom. The molecule has 4 nitrogen and oxygen atoms in total. The van der Waals surface area contributed by atoms with Crippen molar-refractivity contribution in [3.63, 3.8) is 0 Å². The molecule has 0 bridgehead atoms. The summed E-state index contributed by atoms with van der Waals surface area (Å²) >= 11 is 0. The van der Waals surface area contributed by atoms with Crippen molar-refractivity contribution in [1.82, 2.24) is 5.32 Å². The quantitative estimate of drug-likeness (QED) is 0.947. The molecule has 1 saturated heterocycles. The predicted molar refractivity (Wildman–Crippen MR) is 89.8 cm³/mol. The molecule has 0 aliphatic carbocycles. The monoisotopic (exact) mass is 308 g/mol. The van der Waals surface area contributed by atoms with Gasteiger partial charge in [0.1, 0.15) is 5.75 Å². The molecule has 2 aliphatic rings. The van der Waals surface area contributed by atoms with Gasteiger partial charge in [0.15, 0.2) is 0 Å². The normalized spacial score (nSPS) is 22.7. The number of hydrogen-bond acceptors (Lipinski definition) is 3. The second kappa shape index (κ2) is 5.39. The number of fused-ring (bicyclic) bond motifs is 2. The van der Waals surface area contributed by atoms with Crippen molar-refractivity contribution in [2.24, 2.45) is 0 Å². The van der Waals surface area contributed by atoms with Crippen molar-refractivity contribution in [2.45, 2.75) is 18.4 Å². The number of rotatable bonds is 3. The molecule has 2 aromatic carbocycles. The molecule has 1 unspecified atom stereocenters. The Hall–Kier alpha value is -2.33. The summed E-state index contributed by atoms with van der Waals surface area (Å²) in [5, 5.41) is 3.36. The van der Waals surface area contributed by atoms with Crippen molar-refractivity contribution < 1.29 is 9.53 Å². The Labute approximate surface area is 136 Å². The van der Waals surface area contributed by atoms with Crippen LogP contribution in [0.15, 0.2) is 48.5 Å². The molecule has 23 heavy (non-hydrogen) atoms. The molecule has 2 aliphatic heterocycles. The van der Waals surface area contributed by atoms with Gasteiger partial charge in [0.25, 0.3) is 0 Å². The molecular formula is C19H20N2O2. The van der Waals surface area contributed by atoms with Crippen LogP contribution >= 0.6 is 0 Å². The summed E-state index contributed by atoms with van der Waals surface area (Å²) in [4.78, 5) is 15.2. The molecule has 1 amide bonds. The van der Waals surface area contributed by atoms with Crippen LogP contribution in [0.4, 0.5) is 5.69 Å². The zero-order valence-corrected chi connectivity index (χ0v) is 13.2. The van der Waals surface area contributed by atoms with E-state index in [1.165, 1.54) is 0 Å². The maximum Gasteiger partial charge on any atom is 0.239 e. The highest BCUT2D eigenvalue weighted by Gasteiger charge is 2.52. The van der Waals surface area contributed by atoms with Gasteiger partial charge in [-0.3, -0.25) is 4.79 Å². The Morgan fingerprint density at radius 2 is 2.04 bits per heavy atom. The first kappa shape index (κ1) is 14.3. The van der Waals surface area contributed by atoms with Gasteiger partial charge in [-0.1, -0.05) is 30.3 Å². The van der Waals surface area contributed by atoms with Gasteiger partial charge >= 0.3 is 0 Å². The van der Waals surface area contributed by atoms with Crippen LogP contribution in [0.1, 0.15) is 17.5 Å². The molecule has 1 spiro atoms. The minimum absolute atomic E-state index is 0.203. The molecule has 2 heterocycles. The van der Waals surface area contributed by atoms with E-state index in [4.69, 9.17) is 4.74 Å². The minimum atomic E-state index is -0.432. The maximum atomic E-state index is 13.2. The lowest BCUT2D eigenvalue weighted by Gasteiger charge is -2.23. The van der Waals surface area contributed by atoms with Crippen LogP contribution in [-0.2, 0) is 16.8 Å². The van der Waals surface area contributed by atoms with E-state index < -0.39 is 5.41 Å². The van der Waals surface area contributed by atoms with Crippen LogP contribution in [0.3, 0.4) is 0 Å². The van der Waals surface area contributed by atoms with Crippen LogP contribution in [0.2, 0.25) is 0 Å². The number of methoxy groups -OCH3 is 1. The van der Waals surface area contributed by atoms with Crippen LogP contribution in [0.25, 0.3) is 0 Å². The highest BCUT2D eigenvalue weighted by atomic mass is 16.5. The average molecular weight is 308 g/mol. The second-order valence-electron chi connectivity index (χ2n) is 6.27. The van der Waals surface area contributed by atoms with Crippen molar-refractivity contribution in [3.8, 4) is 5.75 Å². The zero-order chi connectivity index (χ0) is 15.9. The van der Waals surface area contributed by atoms with Crippen molar-refractivity contribution in [3.05, 3.63) is 59.7 Å². The molecule has 1 fully saturated rings. The lowest BCUT2D eigenvalue weighted by atomic mass is 9.81. The van der Waals surface area contributed by atoms with Gasteiger partial charge in [0, 0.05) is 12.2 Å². The summed E-state index contributed by atoms with van der Waals surface area (Å²) in [6, 6.07) is 16.1. The molecule has 4 rings (SSSR count). The lowest BCUT2D eigenvalue weighted by molar-refractivity contribution is -0.122. The van der Waals surface area contributed by atoms with Gasteiger partial charge in [0.05, 0.1) is 19.1 Å². The fourth-order valence-electron chi connectivity index (χ4n) is 3.77. The number of anilines is 1. The van der Waals surface area contributed by atoms with Gasteiger partial charge in [-0.15, -0.1) is 0 Å². The van der Waals surface area contributed by atoms with E-state index in [0.29, 0.717) is 13.1 Å². The van der Waals surface area contributed by atoms with Gasteiger partial charge in [-0.25, -0.2) is 0 Å². The van der Waals surface area contributed by atoms with E-state index in [-0.39, 0.29) is 5.91 Å². The third-order valence-electron chi connectivity index (χ3n) is 5.00. The van der Waals surface area contributed by atoms with Crippen LogP contribution in [0.5, 0.6) is 5.75 Å². The molecule has 0 radical (unpaired) electrons. The molecular weight excluding hydrogens is 288 g/mol. The fourth-order valence-corrected chi connectivity index (χ4v) is 3.77. The fraction of sp³-hybridized carbons (Fsp3) is 0.316. The number of amides is 1. The highest BCUT2D eigenvalue weighted by Crippen LogP contribution is 2.47. The average Bonchev–Trinajstić information content (AvgIpc) is 3.17. The summed E-state index contributed by atoms with van der Waals surface area (Å²) in [5.74, 6) is 1.01. The Balaban J connectivity index is 1.79. The standard InChI is InChI=1S/C19H20N2O2/c1-23-15-7-8-17-16(11-15)19(9-10-20-13-19)18(22)21(17)12-14-5-3-2-4-6-14/h2-8,11,20H,9-10,12-13H2,1H3. The first-order valence-electron chi connectivity index (χ1n) is 8.00.